The summed E-state index contributed by atoms with van der Waals surface area (Å²) in [6.07, 6.45) is 11.1. The number of nitrogens with zero attached hydrogens (tertiary/aromatic N) is 3. The van der Waals surface area contributed by atoms with E-state index in [1.165, 1.54) is 11.1 Å². The van der Waals surface area contributed by atoms with Gasteiger partial charge < -0.3 is 14.8 Å². The summed E-state index contributed by atoms with van der Waals surface area (Å²) >= 11 is 0. The van der Waals surface area contributed by atoms with Gasteiger partial charge in [0.25, 0.3) is 0 Å². The Labute approximate surface area is 175 Å². The lowest BCUT2D eigenvalue weighted by Crippen LogP contribution is -2.21. The Morgan fingerprint density at radius 3 is 2.77 bits per heavy atom. The first-order valence-corrected chi connectivity index (χ1v) is 10.2. The number of fused-ring (bicyclic) bond motifs is 2. The van der Waals surface area contributed by atoms with Crippen LogP contribution in [0.25, 0.3) is 23.0 Å². The molecule has 5 rings (SSSR count). The van der Waals surface area contributed by atoms with Gasteiger partial charge in [-0.1, -0.05) is 50.3 Å². The molecule has 0 aliphatic heterocycles. The zero-order chi connectivity index (χ0) is 20.7. The van der Waals surface area contributed by atoms with E-state index < -0.39 is 0 Å². The van der Waals surface area contributed by atoms with E-state index in [0.29, 0.717) is 5.82 Å². The minimum absolute atomic E-state index is 0.106. The second kappa shape index (κ2) is 7.11. The minimum atomic E-state index is -0.268. The average molecular weight is 396 g/mol. The molecule has 0 fully saturated rings. The van der Waals surface area contributed by atoms with E-state index in [-0.39, 0.29) is 12.0 Å². The van der Waals surface area contributed by atoms with Crippen LogP contribution in [0.4, 0.5) is 11.5 Å². The zero-order valence-electron chi connectivity index (χ0n) is 17.1. The number of imidazole rings is 1. The number of hydrogen-bond acceptors (Lipinski definition) is 4. The molecule has 0 saturated carbocycles. The van der Waals surface area contributed by atoms with Crippen LogP contribution in [0.2, 0.25) is 0 Å². The molecule has 0 saturated heterocycles. The van der Waals surface area contributed by atoms with E-state index in [4.69, 9.17) is 4.98 Å². The number of aliphatic hydroxyl groups is 1. The van der Waals surface area contributed by atoms with E-state index in [1.54, 1.807) is 6.20 Å². The molecule has 2 N–H and O–H groups in total. The van der Waals surface area contributed by atoms with Gasteiger partial charge in [-0.3, -0.25) is 0 Å². The van der Waals surface area contributed by atoms with Crippen molar-refractivity contribution in [1.82, 2.24) is 14.4 Å². The van der Waals surface area contributed by atoms with Gasteiger partial charge in [-0.25, -0.2) is 9.97 Å². The maximum atomic E-state index is 9.60. The van der Waals surface area contributed by atoms with Gasteiger partial charge >= 0.3 is 0 Å². The van der Waals surface area contributed by atoms with Crippen molar-refractivity contribution in [3.8, 4) is 11.3 Å². The fourth-order valence-corrected chi connectivity index (χ4v) is 3.80. The first-order valence-electron chi connectivity index (χ1n) is 10.2. The smallest absolute Gasteiger partial charge is 0.180 e. The number of rotatable bonds is 5. The molecule has 5 nitrogen and oxygen atoms in total. The van der Waals surface area contributed by atoms with Crippen molar-refractivity contribution in [2.45, 2.75) is 25.7 Å². The molecule has 150 valence electrons. The Kier molecular flexibility index (Phi) is 4.40. The van der Waals surface area contributed by atoms with Crippen LogP contribution in [0, 0.1) is 0 Å². The van der Waals surface area contributed by atoms with Gasteiger partial charge in [0, 0.05) is 35.3 Å². The van der Waals surface area contributed by atoms with E-state index in [1.807, 2.05) is 54.9 Å². The predicted molar refractivity (Wildman–Crippen MR) is 121 cm³/mol. The summed E-state index contributed by atoms with van der Waals surface area (Å²) in [5, 5.41) is 13.0. The Morgan fingerprint density at radius 1 is 1.13 bits per heavy atom. The summed E-state index contributed by atoms with van der Waals surface area (Å²) < 4.78 is 2.00. The molecule has 2 aromatic carbocycles. The Morgan fingerprint density at radius 2 is 1.97 bits per heavy atom. The molecular weight excluding hydrogens is 372 g/mol. The van der Waals surface area contributed by atoms with Gasteiger partial charge in [0.2, 0.25) is 0 Å². The Balaban J connectivity index is 1.51. The number of nitrogens with one attached hydrogen (secondary N) is 1. The molecule has 1 aliphatic rings. The molecule has 0 amide bonds. The SMILES string of the molecule is CC(C)(CO)c1ccc(Nc2nc(-c3ccc4c(c3)CC=C4)cn3ccnc23)cc1. The maximum absolute atomic E-state index is 9.60. The molecule has 4 aromatic rings. The highest BCUT2D eigenvalue weighted by Crippen LogP contribution is 2.29. The van der Waals surface area contributed by atoms with E-state index in [2.05, 4.69) is 40.7 Å². The zero-order valence-corrected chi connectivity index (χ0v) is 17.1. The van der Waals surface area contributed by atoms with Gasteiger partial charge in [-0.15, -0.1) is 0 Å². The van der Waals surface area contributed by atoms with Crippen LogP contribution in [0.15, 0.2) is 67.1 Å². The van der Waals surface area contributed by atoms with E-state index in [9.17, 15) is 5.11 Å². The first kappa shape index (κ1) is 18.6. The lowest BCUT2D eigenvalue weighted by molar-refractivity contribution is 0.218. The number of anilines is 2. The highest BCUT2D eigenvalue weighted by molar-refractivity contribution is 5.75. The third-order valence-electron chi connectivity index (χ3n) is 5.77. The number of benzene rings is 2. The predicted octanol–water partition coefficient (Wildman–Crippen LogP) is 4.98. The second-order valence-electron chi connectivity index (χ2n) is 8.40. The van der Waals surface area contributed by atoms with E-state index >= 15 is 0 Å². The molecule has 0 spiro atoms. The third-order valence-corrected chi connectivity index (χ3v) is 5.77. The van der Waals surface area contributed by atoms with Gasteiger partial charge in [-0.2, -0.15) is 0 Å². The summed E-state index contributed by atoms with van der Waals surface area (Å²) in [7, 11) is 0. The molecule has 30 heavy (non-hydrogen) atoms. The average Bonchev–Trinajstić information content (AvgIpc) is 3.43. The standard InChI is InChI=1S/C25H24N4O/c1-25(2,16-30)20-8-10-21(11-9-20)27-23-24-26-12-13-29(24)15-22(28-23)19-7-6-17-4-3-5-18(17)14-19/h3-4,6-15,30H,5,16H2,1-2H3,(H,27,28). The van der Waals surface area contributed by atoms with Crippen molar-refractivity contribution < 1.29 is 5.11 Å². The molecule has 0 unspecified atom stereocenters. The summed E-state index contributed by atoms with van der Waals surface area (Å²) in [6.45, 7) is 4.16. The number of aliphatic hydroxyl groups excluding tert-OH is 1. The molecule has 0 radical (unpaired) electrons. The van der Waals surface area contributed by atoms with Crippen LogP contribution < -0.4 is 5.32 Å². The van der Waals surface area contributed by atoms with E-state index in [0.717, 1.165) is 34.6 Å². The highest BCUT2D eigenvalue weighted by atomic mass is 16.3. The maximum Gasteiger partial charge on any atom is 0.180 e. The Bertz CT molecular complexity index is 1250. The van der Waals surface area contributed by atoms with Crippen molar-refractivity contribution in [3.63, 3.8) is 0 Å². The monoisotopic (exact) mass is 396 g/mol. The number of aromatic nitrogens is 3. The highest BCUT2D eigenvalue weighted by Gasteiger charge is 2.19. The van der Waals surface area contributed by atoms with Gasteiger partial charge in [-0.05, 0) is 41.3 Å². The summed E-state index contributed by atoms with van der Waals surface area (Å²) in [5.74, 6) is 0.713. The lowest BCUT2D eigenvalue weighted by Gasteiger charge is -2.22. The van der Waals surface area contributed by atoms with Crippen LogP contribution in [-0.2, 0) is 11.8 Å². The molecule has 2 heterocycles. The van der Waals surface area contributed by atoms with Crippen molar-refractivity contribution in [2.75, 3.05) is 11.9 Å². The molecule has 1 aliphatic carbocycles. The van der Waals surface area contributed by atoms with Crippen LogP contribution >= 0.6 is 0 Å². The van der Waals surface area contributed by atoms with Crippen molar-refractivity contribution >= 4 is 23.2 Å². The number of allylic oxidation sites excluding steroid dienone is 1. The van der Waals surface area contributed by atoms with Gasteiger partial charge in [0.05, 0.1) is 12.3 Å². The topological polar surface area (TPSA) is 62.5 Å². The summed E-state index contributed by atoms with van der Waals surface area (Å²) in [4.78, 5) is 9.37. The quantitative estimate of drug-likeness (QED) is 0.499. The summed E-state index contributed by atoms with van der Waals surface area (Å²) in [5.41, 5.74) is 7.14. The molecule has 5 heteroatoms. The number of hydrogen-bond donors (Lipinski definition) is 2. The Hall–Kier alpha value is -3.44. The fraction of sp³-hybridized carbons (Fsp3) is 0.200. The molecular formula is C25H24N4O. The first-order chi connectivity index (χ1) is 14.5. The van der Waals surface area contributed by atoms with Crippen molar-refractivity contribution in [2.24, 2.45) is 0 Å². The van der Waals surface area contributed by atoms with Gasteiger partial charge in [0.15, 0.2) is 11.5 Å². The molecule has 0 atom stereocenters. The second-order valence-corrected chi connectivity index (χ2v) is 8.40. The lowest BCUT2D eigenvalue weighted by atomic mass is 9.85. The molecule has 0 bridgehead atoms. The molecule has 2 aromatic heterocycles. The van der Waals surface area contributed by atoms with Crippen molar-refractivity contribution in [3.05, 3.63) is 83.8 Å². The fourth-order valence-electron chi connectivity index (χ4n) is 3.80. The van der Waals surface area contributed by atoms with Crippen molar-refractivity contribution in [1.29, 1.82) is 0 Å². The van der Waals surface area contributed by atoms with Crippen LogP contribution in [0.3, 0.4) is 0 Å². The summed E-state index contributed by atoms with van der Waals surface area (Å²) in [6, 6.07) is 14.6. The van der Waals surface area contributed by atoms with Crippen LogP contribution in [0.5, 0.6) is 0 Å². The van der Waals surface area contributed by atoms with Crippen LogP contribution in [-0.4, -0.2) is 26.1 Å². The van der Waals surface area contributed by atoms with Crippen LogP contribution in [0.1, 0.15) is 30.5 Å². The minimum Gasteiger partial charge on any atom is -0.395 e. The normalized spacial score (nSPS) is 13.0. The van der Waals surface area contributed by atoms with Gasteiger partial charge in [0.1, 0.15) is 0 Å². The largest absolute Gasteiger partial charge is 0.395 e. The third kappa shape index (κ3) is 3.27.